The van der Waals surface area contributed by atoms with Crippen molar-refractivity contribution in [2.75, 3.05) is 0 Å². The normalized spacial score (nSPS) is 32.4. The maximum atomic E-state index is 3.80. The van der Waals surface area contributed by atoms with Gasteiger partial charge >= 0.3 is 0 Å². The van der Waals surface area contributed by atoms with E-state index in [2.05, 4.69) is 17.5 Å². The van der Waals surface area contributed by atoms with Crippen LogP contribution in [0.25, 0.3) is 0 Å². The summed E-state index contributed by atoms with van der Waals surface area (Å²) in [5, 5.41) is 3.80. The summed E-state index contributed by atoms with van der Waals surface area (Å²) in [7, 11) is 0. The van der Waals surface area contributed by atoms with Crippen LogP contribution in [0, 0.1) is 0 Å². The quantitative estimate of drug-likeness (QED) is 0.663. The molecule has 1 unspecified atom stereocenters. The lowest BCUT2D eigenvalue weighted by atomic mass is 10.0. The number of hydrogen-bond donors (Lipinski definition) is 1. The van der Waals surface area contributed by atoms with E-state index in [4.69, 9.17) is 0 Å². The Labute approximate surface area is 88.0 Å². The van der Waals surface area contributed by atoms with Crippen LogP contribution in [0.2, 0.25) is 0 Å². The minimum atomic E-state index is 0.679. The number of hydrogen-bond acceptors (Lipinski definition) is 1. The first-order chi connectivity index (χ1) is 6.95. The Morgan fingerprint density at radius 1 is 0.857 bits per heavy atom. The van der Waals surface area contributed by atoms with E-state index in [-0.39, 0.29) is 0 Å². The molecule has 1 nitrogen and oxygen atoms in total. The molecule has 1 heteroatoms. The summed E-state index contributed by atoms with van der Waals surface area (Å²) in [6.45, 7) is 0. The smallest absolute Gasteiger partial charge is 0.0252 e. The summed E-state index contributed by atoms with van der Waals surface area (Å²) in [6.07, 6.45) is 17.4. The Bertz CT molecular complexity index is 180. The minimum Gasteiger partial charge on any atom is -0.308 e. The standard InChI is InChI=1S/C13H23N/c1-2-4-8-12(9-5-3-1)14-13-10-6-7-11-13/h4,8,12-14H,1-3,5-7,9-11H2/b8-4-. The first kappa shape index (κ1) is 10.2. The Morgan fingerprint density at radius 2 is 1.64 bits per heavy atom. The predicted molar refractivity (Wildman–Crippen MR) is 61.4 cm³/mol. The zero-order chi connectivity index (χ0) is 9.64. The summed E-state index contributed by atoms with van der Waals surface area (Å²) in [6, 6.07) is 1.50. The van der Waals surface area contributed by atoms with Crippen molar-refractivity contribution in [3.05, 3.63) is 12.2 Å². The number of allylic oxidation sites excluding steroid dienone is 1. The molecule has 2 aliphatic carbocycles. The Balaban J connectivity index is 1.78. The van der Waals surface area contributed by atoms with Crippen molar-refractivity contribution in [1.29, 1.82) is 0 Å². The summed E-state index contributed by atoms with van der Waals surface area (Å²) in [4.78, 5) is 0. The van der Waals surface area contributed by atoms with Crippen molar-refractivity contribution in [3.63, 3.8) is 0 Å². The van der Waals surface area contributed by atoms with Crippen LogP contribution in [0.15, 0.2) is 12.2 Å². The van der Waals surface area contributed by atoms with E-state index in [9.17, 15) is 0 Å². The molecule has 14 heavy (non-hydrogen) atoms. The summed E-state index contributed by atoms with van der Waals surface area (Å²) < 4.78 is 0. The van der Waals surface area contributed by atoms with Crippen molar-refractivity contribution in [2.24, 2.45) is 0 Å². The fourth-order valence-electron chi connectivity index (χ4n) is 2.69. The molecule has 80 valence electrons. The van der Waals surface area contributed by atoms with Crippen molar-refractivity contribution in [2.45, 2.75) is 69.9 Å². The third kappa shape index (κ3) is 3.13. The van der Waals surface area contributed by atoms with Gasteiger partial charge in [-0.15, -0.1) is 0 Å². The van der Waals surface area contributed by atoms with E-state index in [1.54, 1.807) is 0 Å². The van der Waals surface area contributed by atoms with Crippen LogP contribution in [0.1, 0.15) is 57.8 Å². The molecular formula is C13H23N. The highest BCUT2D eigenvalue weighted by atomic mass is 14.9. The highest BCUT2D eigenvalue weighted by Crippen LogP contribution is 2.20. The topological polar surface area (TPSA) is 12.0 Å². The van der Waals surface area contributed by atoms with E-state index in [0.717, 1.165) is 6.04 Å². The average Bonchev–Trinajstić information content (AvgIpc) is 2.62. The van der Waals surface area contributed by atoms with Gasteiger partial charge in [0, 0.05) is 12.1 Å². The third-order valence-electron chi connectivity index (χ3n) is 3.56. The Kier molecular flexibility index (Phi) is 4.05. The van der Waals surface area contributed by atoms with Crippen LogP contribution in [-0.4, -0.2) is 12.1 Å². The van der Waals surface area contributed by atoms with Crippen LogP contribution in [0.3, 0.4) is 0 Å². The van der Waals surface area contributed by atoms with Gasteiger partial charge in [0.1, 0.15) is 0 Å². The molecular weight excluding hydrogens is 170 g/mol. The molecule has 2 aliphatic rings. The van der Waals surface area contributed by atoms with E-state index in [0.29, 0.717) is 6.04 Å². The molecule has 1 atom stereocenters. The Hall–Kier alpha value is -0.300. The van der Waals surface area contributed by atoms with E-state index < -0.39 is 0 Å². The fraction of sp³-hybridized carbons (Fsp3) is 0.846. The zero-order valence-corrected chi connectivity index (χ0v) is 9.17. The van der Waals surface area contributed by atoms with Gasteiger partial charge in [-0.2, -0.15) is 0 Å². The summed E-state index contributed by atoms with van der Waals surface area (Å²) >= 11 is 0. The lowest BCUT2D eigenvalue weighted by Crippen LogP contribution is -2.35. The molecule has 2 rings (SSSR count). The van der Waals surface area contributed by atoms with Gasteiger partial charge < -0.3 is 5.32 Å². The van der Waals surface area contributed by atoms with Crippen molar-refractivity contribution < 1.29 is 0 Å². The molecule has 0 amide bonds. The summed E-state index contributed by atoms with van der Waals surface area (Å²) in [5.74, 6) is 0. The maximum Gasteiger partial charge on any atom is 0.0252 e. The van der Waals surface area contributed by atoms with Crippen molar-refractivity contribution in [1.82, 2.24) is 5.32 Å². The van der Waals surface area contributed by atoms with Gasteiger partial charge in [0.2, 0.25) is 0 Å². The highest BCUT2D eigenvalue weighted by molar-refractivity contribution is 4.96. The number of nitrogens with one attached hydrogen (secondary N) is 1. The largest absolute Gasteiger partial charge is 0.308 e. The van der Waals surface area contributed by atoms with Crippen molar-refractivity contribution in [3.8, 4) is 0 Å². The van der Waals surface area contributed by atoms with Crippen LogP contribution >= 0.6 is 0 Å². The van der Waals surface area contributed by atoms with E-state index >= 15 is 0 Å². The molecule has 0 heterocycles. The molecule has 0 bridgehead atoms. The van der Waals surface area contributed by atoms with Gasteiger partial charge in [-0.3, -0.25) is 0 Å². The van der Waals surface area contributed by atoms with Gasteiger partial charge in [-0.05, 0) is 32.1 Å². The van der Waals surface area contributed by atoms with Gasteiger partial charge in [0.15, 0.2) is 0 Å². The van der Waals surface area contributed by atoms with Crippen LogP contribution in [0.5, 0.6) is 0 Å². The molecule has 0 saturated heterocycles. The second-order valence-corrected chi connectivity index (χ2v) is 4.82. The predicted octanol–water partition coefficient (Wildman–Crippen LogP) is 3.41. The second kappa shape index (κ2) is 5.55. The van der Waals surface area contributed by atoms with E-state index in [1.807, 2.05) is 0 Å². The molecule has 0 aromatic carbocycles. The maximum absolute atomic E-state index is 3.80. The molecule has 0 radical (unpaired) electrons. The minimum absolute atomic E-state index is 0.679. The van der Waals surface area contributed by atoms with Crippen LogP contribution < -0.4 is 5.32 Å². The van der Waals surface area contributed by atoms with Gasteiger partial charge in [-0.1, -0.05) is 37.8 Å². The molecule has 1 saturated carbocycles. The first-order valence-corrected chi connectivity index (χ1v) is 6.38. The van der Waals surface area contributed by atoms with Crippen molar-refractivity contribution >= 4 is 0 Å². The molecule has 0 spiro atoms. The second-order valence-electron chi connectivity index (χ2n) is 4.82. The van der Waals surface area contributed by atoms with Crippen LogP contribution in [-0.2, 0) is 0 Å². The molecule has 0 aromatic heterocycles. The summed E-state index contributed by atoms with van der Waals surface area (Å²) in [5.41, 5.74) is 0. The fourth-order valence-corrected chi connectivity index (χ4v) is 2.69. The lowest BCUT2D eigenvalue weighted by Gasteiger charge is -2.21. The van der Waals surface area contributed by atoms with E-state index in [1.165, 1.54) is 57.8 Å². The highest BCUT2D eigenvalue weighted by Gasteiger charge is 2.17. The molecule has 0 aliphatic heterocycles. The molecule has 1 N–H and O–H groups in total. The molecule has 0 aromatic rings. The van der Waals surface area contributed by atoms with Gasteiger partial charge in [-0.25, -0.2) is 0 Å². The van der Waals surface area contributed by atoms with Crippen LogP contribution in [0.4, 0.5) is 0 Å². The molecule has 1 fully saturated rings. The van der Waals surface area contributed by atoms with Gasteiger partial charge in [0.25, 0.3) is 0 Å². The average molecular weight is 193 g/mol. The lowest BCUT2D eigenvalue weighted by molar-refractivity contribution is 0.439. The third-order valence-corrected chi connectivity index (χ3v) is 3.56. The SMILES string of the molecule is C1=C\C(NC2CCCC2)CCCCC/1. The first-order valence-electron chi connectivity index (χ1n) is 6.38. The zero-order valence-electron chi connectivity index (χ0n) is 9.17. The number of rotatable bonds is 2. The van der Waals surface area contributed by atoms with Gasteiger partial charge in [0.05, 0.1) is 0 Å². The monoisotopic (exact) mass is 193 g/mol. The Morgan fingerprint density at radius 3 is 2.50 bits per heavy atom.